The summed E-state index contributed by atoms with van der Waals surface area (Å²) in [5, 5.41) is 0. The molecular formula is C25H32N2. The molecule has 2 N–H and O–H groups in total. The van der Waals surface area contributed by atoms with Gasteiger partial charge in [-0.1, -0.05) is 74.0 Å². The Hall–Kier alpha value is -2.48. The number of hydrogen-bond donors (Lipinski definition) is 1. The molecule has 142 valence electrons. The summed E-state index contributed by atoms with van der Waals surface area (Å²) >= 11 is 0. The smallest absolute Gasteiger partial charge is 0.0429 e. The molecule has 0 aromatic heterocycles. The quantitative estimate of drug-likeness (QED) is 0.726. The maximum Gasteiger partial charge on any atom is 0.0429 e. The van der Waals surface area contributed by atoms with E-state index in [9.17, 15) is 0 Å². The lowest BCUT2D eigenvalue weighted by atomic mass is 9.92. The van der Waals surface area contributed by atoms with E-state index in [1.807, 2.05) is 0 Å². The molecule has 0 unspecified atom stereocenters. The molecule has 0 amide bonds. The second-order valence-electron chi connectivity index (χ2n) is 7.51. The number of nitrogens with two attached hydrogens (primary N) is 1. The third kappa shape index (κ3) is 4.82. The van der Waals surface area contributed by atoms with E-state index in [4.69, 9.17) is 5.73 Å². The van der Waals surface area contributed by atoms with Gasteiger partial charge in [0.2, 0.25) is 0 Å². The topological polar surface area (TPSA) is 29.3 Å². The van der Waals surface area contributed by atoms with Crippen LogP contribution in [0.4, 0.5) is 0 Å². The largest absolute Gasteiger partial charge is 0.402 e. The fourth-order valence-corrected chi connectivity index (χ4v) is 3.84. The zero-order valence-electron chi connectivity index (χ0n) is 17.0. The van der Waals surface area contributed by atoms with Crippen LogP contribution in [-0.4, -0.2) is 11.4 Å². The number of rotatable bonds is 6. The van der Waals surface area contributed by atoms with Crippen LogP contribution < -0.4 is 5.73 Å². The summed E-state index contributed by atoms with van der Waals surface area (Å²) in [7, 11) is 0. The van der Waals surface area contributed by atoms with Crippen molar-refractivity contribution in [2.24, 2.45) is 5.73 Å². The Bertz CT molecular complexity index is 828. The van der Waals surface area contributed by atoms with Gasteiger partial charge in [-0.05, 0) is 42.9 Å². The number of nitrogens with zero attached hydrogens (tertiary/aromatic N) is 1. The minimum absolute atomic E-state index is 0.848. The first-order valence-electron chi connectivity index (χ1n) is 10.2. The highest BCUT2D eigenvalue weighted by atomic mass is 15.1. The highest BCUT2D eigenvalue weighted by molar-refractivity contribution is 5.69. The minimum atomic E-state index is 0.848. The molecule has 0 aliphatic carbocycles. The average molecular weight is 361 g/mol. The third-order valence-corrected chi connectivity index (χ3v) is 5.20. The first-order chi connectivity index (χ1) is 13.1. The Morgan fingerprint density at radius 2 is 1.78 bits per heavy atom. The van der Waals surface area contributed by atoms with Gasteiger partial charge in [0.05, 0.1) is 0 Å². The molecule has 1 aliphatic rings. The highest BCUT2D eigenvalue weighted by Crippen LogP contribution is 2.31. The Morgan fingerprint density at radius 1 is 1.04 bits per heavy atom. The van der Waals surface area contributed by atoms with Gasteiger partial charge in [0.15, 0.2) is 0 Å². The lowest BCUT2D eigenvalue weighted by Gasteiger charge is -2.34. The van der Waals surface area contributed by atoms with E-state index in [0.29, 0.717) is 0 Å². The van der Waals surface area contributed by atoms with E-state index in [1.54, 1.807) is 0 Å². The molecule has 0 saturated carbocycles. The molecule has 0 saturated heterocycles. The Kier molecular flexibility index (Phi) is 6.39. The van der Waals surface area contributed by atoms with Crippen LogP contribution in [0, 0.1) is 6.92 Å². The molecule has 0 fully saturated rings. The molecule has 0 radical (unpaired) electrons. The van der Waals surface area contributed by atoms with E-state index in [2.05, 4.69) is 80.3 Å². The fourth-order valence-electron chi connectivity index (χ4n) is 3.84. The van der Waals surface area contributed by atoms with Crippen molar-refractivity contribution in [2.75, 3.05) is 6.54 Å². The number of fused-ring (bicyclic) bond motifs is 1. The van der Waals surface area contributed by atoms with Crippen LogP contribution in [0.3, 0.4) is 0 Å². The number of aryl methyl sites for hydroxylation is 1. The fraction of sp³-hybridized carbons (Fsp3) is 0.360. The van der Waals surface area contributed by atoms with Crippen LogP contribution in [-0.2, 0) is 19.4 Å². The van der Waals surface area contributed by atoms with Gasteiger partial charge in [-0.25, -0.2) is 0 Å². The molecule has 1 heterocycles. The van der Waals surface area contributed by atoms with Crippen molar-refractivity contribution >= 4 is 5.70 Å². The summed E-state index contributed by atoms with van der Waals surface area (Å²) in [4.78, 5) is 2.53. The monoisotopic (exact) mass is 360 g/mol. The first kappa shape index (κ1) is 19.3. The molecule has 27 heavy (non-hydrogen) atoms. The maximum absolute atomic E-state index is 6.13. The Morgan fingerprint density at radius 3 is 2.48 bits per heavy atom. The van der Waals surface area contributed by atoms with E-state index in [0.717, 1.165) is 44.5 Å². The second kappa shape index (κ2) is 8.94. The lowest BCUT2D eigenvalue weighted by molar-refractivity contribution is 0.382. The van der Waals surface area contributed by atoms with E-state index in [1.165, 1.54) is 33.5 Å². The molecule has 0 atom stereocenters. The highest BCUT2D eigenvalue weighted by Gasteiger charge is 2.21. The van der Waals surface area contributed by atoms with Crippen LogP contribution >= 0.6 is 0 Å². The standard InChI is InChI=1S/C25H32N2/c1-4-6-23(26)17-21-12-13-24-22(16-21)14-15-27(25(24)7-5-2)18-20-10-8-19(3)9-11-20/h6-13,16H,4-5,14-15,17-18,26H2,1-3H3/b23-6?,25-7-. The van der Waals surface area contributed by atoms with Crippen LogP contribution in [0.5, 0.6) is 0 Å². The molecule has 2 nitrogen and oxygen atoms in total. The summed E-state index contributed by atoms with van der Waals surface area (Å²) in [6, 6.07) is 15.8. The summed E-state index contributed by atoms with van der Waals surface area (Å²) < 4.78 is 0. The zero-order chi connectivity index (χ0) is 19.2. The Balaban J connectivity index is 1.84. The zero-order valence-corrected chi connectivity index (χ0v) is 17.0. The van der Waals surface area contributed by atoms with Gasteiger partial charge in [0, 0.05) is 36.5 Å². The van der Waals surface area contributed by atoms with Gasteiger partial charge in [-0.2, -0.15) is 0 Å². The van der Waals surface area contributed by atoms with E-state index in [-0.39, 0.29) is 0 Å². The normalized spacial score (nSPS) is 15.9. The van der Waals surface area contributed by atoms with Gasteiger partial charge in [-0.3, -0.25) is 0 Å². The van der Waals surface area contributed by atoms with Crippen molar-refractivity contribution in [3.63, 3.8) is 0 Å². The van der Waals surface area contributed by atoms with Crippen LogP contribution in [0.2, 0.25) is 0 Å². The number of hydrogen-bond acceptors (Lipinski definition) is 2. The van der Waals surface area contributed by atoms with Crippen molar-refractivity contribution in [3.8, 4) is 0 Å². The van der Waals surface area contributed by atoms with Crippen molar-refractivity contribution in [3.05, 3.63) is 88.1 Å². The van der Waals surface area contributed by atoms with E-state index >= 15 is 0 Å². The van der Waals surface area contributed by atoms with Crippen molar-refractivity contribution in [1.82, 2.24) is 4.90 Å². The van der Waals surface area contributed by atoms with Gasteiger partial charge in [0.25, 0.3) is 0 Å². The van der Waals surface area contributed by atoms with E-state index < -0.39 is 0 Å². The van der Waals surface area contributed by atoms with Crippen LogP contribution in [0.25, 0.3) is 5.70 Å². The Labute approximate surface area is 164 Å². The third-order valence-electron chi connectivity index (χ3n) is 5.20. The predicted molar refractivity (Wildman–Crippen MR) is 116 cm³/mol. The first-order valence-corrected chi connectivity index (χ1v) is 10.2. The molecule has 0 bridgehead atoms. The molecule has 1 aliphatic heterocycles. The van der Waals surface area contributed by atoms with Gasteiger partial charge >= 0.3 is 0 Å². The van der Waals surface area contributed by atoms with Crippen molar-refractivity contribution in [2.45, 2.75) is 53.0 Å². The number of benzene rings is 2. The summed E-state index contributed by atoms with van der Waals surface area (Å²) in [6.07, 6.45) is 8.47. The maximum atomic E-state index is 6.13. The summed E-state index contributed by atoms with van der Waals surface area (Å²) in [5.74, 6) is 0. The summed E-state index contributed by atoms with van der Waals surface area (Å²) in [6.45, 7) is 8.53. The molecule has 2 aromatic carbocycles. The molecule has 2 heteroatoms. The van der Waals surface area contributed by atoms with Crippen molar-refractivity contribution < 1.29 is 0 Å². The molecule has 3 rings (SSSR count). The second-order valence-corrected chi connectivity index (χ2v) is 7.51. The number of allylic oxidation sites excluding steroid dienone is 3. The minimum Gasteiger partial charge on any atom is -0.402 e. The molecular weight excluding hydrogens is 328 g/mol. The molecule has 2 aromatic rings. The van der Waals surface area contributed by atoms with Gasteiger partial charge < -0.3 is 10.6 Å². The summed E-state index contributed by atoms with van der Waals surface area (Å²) in [5.41, 5.74) is 15.3. The molecule has 0 spiro atoms. The van der Waals surface area contributed by atoms with Gasteiger partial charge in [0.1, 0.15) is 0 Å². The SMILES string of the molecule is CCC=C(N)Cc1ccc2c(c1)CCN(Cc1ccc(C)cc1)/C2=C\CC. The van der Waals surface area contributed by atoms with Crippen LogP contribution in [0.1, 0.15) is 54.5 Å². The lowest BCUT2D eigenvalue weighted by Crippen LogP contribution is -2.29. The van der Waals surface area contributed by atoms with Crippen molar-refractivity contribution in [1.29, 1.82) is 0 Å². The average Bonchev–Trinajstić information content (AvgIpc) is 2.65. The van der Waals surface area contributed by atoms with Gasteiger partial charge in [-0.15, -0.1) is 0 Å². The van der Waals surface area contributed by atoms with Crippen LogP contribution in [0.15, 0.2) is 60.3 Å². The predicted octanol–water partition coefficient (Wildman–Crippen LogP) is 5.60.